The first-order valence-corrected chi connectivity index (χ1v) is 19.5. The summed E-state index contributed by atoms with van der Waals surface area (Å²) < 4.78 is 0. The van der Waals surface area contributed by atoms with Gasteiger partial charge in [0, 0.05) is 52.4 Å². The van der Waals surface area contributed by atoms with E-state index in [1.165, 1.54) is 14.7 Å². The minimum atomic E-state index is -1.94. The van der Waals surface area contributed by atoms with E-state index >= 15 is 0 Å². The fourth-order valence-electron chi connectivity index (χ4n) is 4.92. The van der Waals surface area contributed by atoms with Gasteiger partial charge < -0.3 is 97.3 Å². The van der Waals surface area contributed by atoms with E-state index in [9.17, 15) is 89.7 Å². The van der Waals surface area contributed by atoms with Gasteiger partial charge in [0.05, 0.1) is 58.4 Å². The van der Waals surface area contributed by atoms with E-state index in [0.29, 0.717) is 12.4 Å². The van der Waals surface area contributed by atoms with Gasteiger partial charge in [-0.2, -0.15) is 0 Å². The van der Waals surface area contributed by atoms with Gasteiger partial charge in [-0.3, -0.25) is 48.3 Å². The van der Waals surface area contributed by atoms with Crippen molar-refractivity contribution >= 4 is 54.0 Å². The van der Waals surface area contributed by atoms with Gasteiger partial charge in [0.1, 0.15) is 48.8 Å². The molecule has 0 aliphatic carbocycles. The molecule has 0 fully saturated rings. The van der Waals surface area contributed by atoms with E-state index in [4.69, 9.17) is 10.2 Å². The maximum absolute atomic E-state index is 12.6. The summed E-state index contributed by atoms with van der Waals surface area (Å²) in [6.07, 6.45) is -13.6. The van der Waals surface area contributed by atoms with Gasteiger partial charge in [0.25, 0.3) is 11.8 Å². The van der Waals surface area contributed by atoms with Crippen molar-refractivity contribution in [1.29, 1.82) is 0 Å². The molecule has 0 aliphatic rings. The predicted octanol–water partition coefficient (Wildman–Crippen LogP) is -11.5. The van der Waals surface area contributed by atoms with Gasteiger partial charge in [-0.25, -0.2) is 0 Å². The maximum Gasteiger partial charge on any atom is 0.317 e. The van der Waals surface area contributed by atoms with Gasteiger partial charge >= 0.3 is 17.9 Å². The maximum atomic E-state index is 12.6. The second-order valence-electron chi connectivity index (χ2n) is 13.8. The minimum Gasteiger partial charge on any atom is -0.480 e. The Kier molecular flexibility index (Phi) is 31.3. The zero-order valence-electron chi connectivity index (χ0n) is 35.0. The molecule has 6 unspecified atom stereocenters. The Labute approximate surface area is 370 Å². The molecular formula is C34H61N9O22. The molecule has 0 radical (unpaired) electrons. The summed E-state index contributed by atoms with van der Waals surface area (Å²) in [5, 5.41) is 138. The number of rotatable bonds is 38. The van der Waals surface area contributed by atoms with Gasteiger partial charge in [-0.05, 0) is 0 Å². The summed E-state index contributed by atoms with van der Waals surface area (Å²) in [4.78, 5) is 96.6. The average Bonchev–Trinajstić information content (AvgIpc) is 3.25. The summed E-state index contributed by atoms with van der Waals surface area (Å²) in [5.41, 5.74) is 0. The first-order chi connectivity index (χ1) is 30.6. The van der Waals surface area contributed by atoms with Crippen LogP contribution >= 0.6 is 0 Å². The third-order valence-corrected chi connectivity index (χ3v) is 8.34. The quantitative estimate of drug-likeness (QED) is 0.0155. The van der Waals surface area contributed by atoms with Gasteiger partial charge in [0.2, 0.25) is 11.8 Å². The van der Waals surface area contributed by atoms with Gasteiger partial charge in [0.15, 0.2) is 13.2 Å². The van der Waals surface area contributed by atoms with Crippen LogP contribution in [0.15, 0.2) is 10.3 Å². The normalized spacial score (nSPS) is 15.5. The molecule has 31 nitrogen and oxygen atoms in total. The average molecular weight is 948 g/mol. The van der Waals surface area contributed by atoms with Crippen molar-refractivity contribution in [2.24, 2.45) is 10.3 Å². The van der Waals surface area contributed by atoms with E-state index in [1.54, 1.807) is 0 Å². The number of hydrogen-bond acceptors (Lipinski definition) is 24. The van der Waals surface area contributed by atoms with Crippen LogP contribution in [0, 0.1) is 0 Å². The smallest absolute Gasteiger partial charge is 0.317 e. The molecular weight excluding hydrogens is 886 g/mol. The molecule has 0 bridgehead atoms. The van der Waals surface area contributed by atoms with Crippen LogP contribution in [0.1, 0.15) is 0 Å². The molecule has 31 heteroatoms. The zero-order valence-corrected chi connectivity index (χ0v) is 35.0. The molecule has 4 amide bonds. The molecule has 65 heavy (non-hydrogen) atoms. The van der Waals surface area contributed by atoms with Crippen LogP contribution in [-0.4, -0.2) is 295 Å². The molecule has 374 valence electrons. The highest BCUT2D eigenvalue weighted by Gasteiger charge is 2.30. The van der Waals surface area contributed by atoms with Crippen LogP contribution in [0.25, 0.3) is 0 Å². The van der Waals surface area contributed by atoms with Crippen LogP contribution in [0.3, 0.4) is 0 Å². The molecule has 8 atom stereocenters. The first-order valence-electron chi connectivity index (χ1n) is 19.5. The lowest BCUT2D eigenvalue weighted by molar-refractivity contribution is -0.141. The van der Waals surface area contributed by atoms with Crippen molar-refractivity contribution in [3.63, 3.8) is 0 Å². The van der Waals surface area contributed by atoms with E-state index in [1.807, 2.05) is 0 Å². The molecule has 0 aromatic carbocycles. The molecule has 0 heterocycles. The Hall–Kier alpha value is -5.29. The van der Waals surface area contributed by atoms with Crippen molar-refractivity contribution in [2.45, 2.75) is 48.8 Å². The number of carbonyl (C=O) groups excluding carboxylic acids is 4. The van der Waals surface area contributed by atoms with Crippen LogP contribution in [-0.2, 0) is 43.2 Å². The van der Waals surface area contributed by atoms with Crippen molar-refractivity contribution in [1.82, 2.24) is 36.0 Å². The third-order valence-electron chi connectivity index (χ3n) is 8.34. The van der Waals surface area contributed by atoms with Crippen molar-refractivity contribution in [2.75, 3.05) is 112 Å². The second-order valence-corrected chi connectivity index (χ2v) is 13.8. The Morgan fingerprint density at radius 2 is 0.738 bits per heavy atom. The monoisotopic (exact) mass is 947 g/mol. The minimum absolute atomic E-state index is 0.116. The first kappa shape index (κ1) is 59.7. The zero-order chi connectivity index (χ0) is 49.5. The van der Waals surface area contributed by atoms with Gasteiger partial charge in [-0.15, -0.1) is 0 Å². The standard InChI is InChI=1S/C34H61N9O22/c44-16-22(48)33(62)31(60)20(46)9-39-64-18-26(52)37-3-1-35-24(50)11-42(14-29(56)57)7-5-41(13-28(54)55)6-8-43(15-30(58)59)12-25(51)36-2-4-38-27(53)19-65-40-10-21(47)32(61)34(63)23(49)17-45/h9-10,20-23,31-34,44-49,60-63H,1-8,11-19H2,(H,35,50)(H,36,51)(H,37,52)(H,38,53)(H,54,55)(H,56,57)(H,58,59)/b39-9+,40-10+/t20?,21?,22?,23?,31?,32?,33-,34-/m1/s1. The van der Waals surface area contributed by atoms with E-state index in [2.05, 4.69) is 41.3 Å². The molecule has 0 spiro atoms. The SMILES string of the molecule is O=C(O)CN(CCN(CC(=O)O)CC(=O)NCCNC(=O)CO/N=C/C(O)C(O)[C@H](O)C(O)CO)CCN(CC(=O)O)CC(=O)NCCNC(=O)CO/N=C/C(O)C(O)[C@H](O)C(O)CO. The molecule has 0 saturated heterocycles. The lowest BCUT2D eigenvalue weighted by Gasteiger charge is -2.28. The lowest BCUT2D eigenvalue weighted by atomic mass is 10.0. The highest BCUT2D eigenvalue weighted by Crippen LogP contribution is 2.05. The fraction of sp³-hybridized carbons (Fsp3) is 0.735. The summed E-state index contributed by atoms with van der Waals surface area (Å²) >= 11 is 0. The summed E-state index contributed by atoms with van der Waals surface area (Å²) in [5.74, 6) is -6.72. The number of amides is 4. The predicted molar refractivity (Wildman–Crippen MR) is 215 cm³/mol. The van der Waals surface area contributed by atoms with E-state index in [-0.39, 0.29) is 52.4 Å². The number of carboxylic acids is 3. The number of aliphatic hydroxyl groups is 10. The Bertz CT molecular complexity index is 1410. The molecule has 0 aromatic rings. The van der Waals surface area contributed by atoms with Crippen molar-refractivity contribution in [3.8, 4) is 0 Å². The summed E-state index contributed by atoms with van der Waals surface area (Å²) in [6.45, 7) is -6.96. The highest BCUT2D eigenvalue weighted by molar-refractivity contribution is 5.80. The fourth-order valence-corrected chi connectivity index (χ4v) is 4.92. The molecule has 0 rings (SSSR count). The number of aliphatic carboxylic acids is 3. The van der Waals surface area contributed by atoms with Crippen LogP contribution in [0.5, 0.6) is 0 Å². The van der Waals surface area contributed by atoms with Crippen LogP contribution < -0.4 is 21.3 Å². The molecule has 0 aromatic heterocycles. The topological polar surface area (TPSA) is 484 Å². The highest BCUT2D eigenvalue weighted by atomic mass is 16.6. The summed E-state index contributed by atoms with van der Waals surface area (Å²) in [7, 11) is 0. The Morgan fingerprint density at radius 1 is 0.446 bits per heavy atom. The molecule has 17 N–H and O–H groups in total. The van der Waals surface area contributed by atoms with Crippen molar-refractivity contribution < 1.29 is 110 Å². The number of carbonyl (C=O) groups is 7. The molecule has 0 aliphatic heterocycles. The van der Waals surface area contributed by atoms with Crippen molar-refractivity contribution in [3.05, 3.63) is 0 Å². The number of hydrogen-bond donors (Lipinski definition) is 17. The van der Waals surface area contributed by atoms with E-state index in [0.717, 1.165) is 0 Å². The van der Waals surface area contributed by atoms with Crippen LogP contribution in [0.2, 0.25) is 0 Å². The van der Waals surface area contributed by atoms with Crippen LogP contribution in [0.4, 0.5) is 0 Å². The number of oxime groups is 2. The summed E-state index contributed by atoms with van der Waals surface area (Å²) in [6, 6.07) is 0. The Morgan fingerprint density at radius 3 is 1.05 bits per heavy atom. The van der Waals surface area contributed by atoms with E-state index < -0.39 is 150 Å². The Balaban J connectivity index is 4.90. The number of nitrogens with zero attached hydrogens (tertiary/aromatic N) is 5. The molecule has 0 saturated carbocycles. The largest absolute Gasteiger partial charge is 0.480 e. The second kappa shape index (κ2) is 34.1. The number of nitrogens with one attached hydrogen (secondary N) is 4. The lowest BCUT2D eigenvalue weighted by Crippen LogP contribution is -2.48. The number of carboxylic acid groups (broad SMARTS) is 3. The number of aliphatic hydroxyl groups excluding tert-OH is 10. The third kappa shape index (κ3) is 29.0. The van der Waals surface area contributed by atoms with Gasteiger partial charge in [-0.1, -0.05) is 10.3 Å².